The first-order valence-corrected chi connectivity index (χ1v) is 6.97. The number of carbonyl (C=O) groups is 2. The van der Waals surface area contributed by atoms with E-state index in [2.05, 4.69) is 10.9 Å². The molecule has 3 aromatic rings. The number of rotatable bonds is 3. The van der Waals surface area contributed by atoms with Gasteiger partial charge in [0.2, 0.25) is 0 Å². The molecule has 0 aliphatic heterocycles. The van der Waals surface area contributed by atoms with Crippen molar-refractivity contribution in [1.29, 1.82) is 0 Å². The molecule has 3 rings (SSSR count). The van der Waals surface area contributed by atoms with E-state index >= 15 is 0 Å². The number of carbonyl (C=O) groups excluding carboxylic acids is 2. The van der Waals surface area contributed by atoms with Crippen molar-refractivity contribution < 1.29 is 19.1 Å². The van der Waals surface area contributed by atoms with Crippen molar-refractivity contribution in [2.45, 2.75) is 6.10 Å². The summed E-state index contributed by atoms with van der Waals surface area (Å²) in [5.41, 5.74) is 5.40. The minimum atomic E-state index is -1.37. The van der Waals surface area contributed by atoms with Gasteiger partial charge in [0.05, 0.1) is 0 Å². The number of nitrogens with one attached hydrogen (secondary N) is 2. The molecule has 1 heterocycles. The lowest BCUT2D eigenvalue weighted by Gasteiger charge is -2.11. The second-order valence-corrected chi connectivity index (χ2v) is 4.91. The number of fused-ring (bicyclic) bond motifs is 1. The fourth-order valence-electron chi connectivity index (χ4n) is 2.13. The highest BCUT2D eigenvalue weighted by atomic mass is 16.3. The lowest BCUT2D eigenvalue weighted by molar-refractivity contribution is -0.130. The minimum Gasteiger partial charge on any atom is -0.451 e. The Morgan fingerprint density at radius 3 is 2.39 bits per heavy atom. The number of benzene rings is 2. The van der Waals surface area contributed by atoms with Gasteiger partial charge in [-0.25, -0.2) is 0 Å². The van der Waals surface area contributed by atoms with E-state index in [1.165, 1.54) is 0 Å². The van der Waals surface area contributed by atoms with Gasteiger partial charge in [-0.1, -0.05) is 48.5 Å². The van der Waals surface area contributed by atoms with Gasteiger partial charge in [-0.15, -0.1) is 0 Å². The zero-order chi connectivity index (χ0) is 16.2. The van der Waals surface area contributed by atoms with Crippen LogP contribution < -0.4 is 10.9 Å². The van der Waals surface area contributed by atoms with Crippen LogP contribution in [-0.4, -0.2) is 16.9 Å². The maximum Gasteiger partial charge on any atom is 0.305 e. The second kappa shape index (κ2) is 6.33. The van der Waals surface area contributed by atoms with Gasteiger partial charge < -0.3 is 9.52 Å². The smallest absolute Gasteiger partial charge is 0.305 e. The largest absolute Gasteiger partial charge is 0.451 e. The zero-order valence-electron chi connectivity index (χ0n) is 12.0. The quantitative estimate of drug-likeness (QED) is 0.645. The number of aliphatic hydroxyl groups excluding tert-OH is 1. The molecule has 3 N–H and O–H groups in total. The van der Waals surface area contributed by atoms with Crippen LogP contribution in [0.25, 0.3) is 11.0 Å². The number of hydrogen-bond donors (Lipinski definition) is 3. The van der Waals surface area contributed by atoms with Crippen LogP contribution in [0.2, 0.25) is 0 Å². The van der Waals surface area contributed by atoms with Crippen molar-refractivity contribution in [3.05, 3.63) is 72.0 Å². The van der Waals surface area contributed by atoms with Gasteiger partial charge in [0.25, 0.3) is 5.91 Å². The van der Waals surface area contributed by atoms with Crippen molar-refractivity contribution in [3.8, 4) is 0 Å². The predicted molar refractivity (Wildman–Crippen MR) is 83.2 cm³/mol. The minimum absolute atomic E-state index is 0.0701. The van der Waals surface area contributed by atoms with E-state index in [0.29, 0.717) is 11.1 Å². The summed E-state index contributed by atoms with van der Waals surface area (Å²) in [4.78, 5) is 23.8. The average molecular weight is 310 g/mol. The Hall–Kier alpha value is -3.12. The van der Waals surface area contributed by atoms with Crippen LogP contribution in [0.3, 0.4) is 0 Å². The van der Waals surface area contributed by atoms with E-state index in [1.807, 2.05) is 12.1 Å². The molecule has 0 fully saturated rings. The highest BCUT2D eigenvalue weighted by molar-refractivity contribution is 5.97. The molecule has 0 bridgehead atoms. The first-order chi connectivity index (χ1) is 11.1. The van der Waals surface area contributed by atoms with Gasteiger partial charge in [-0.05, 0) is 17.7 Å². The Bertz CT molecular complexity index is 809. The van der Waals surface area contributed by atoms with Crippen LogP contribution in [0.5, 0.6) is 0 Å². The molecule has 1 atom stereocenters. The van der Waals surface area contributed by atoms with Crippen LogP contribution >= 0.6 is 0 Å². The molecule has 2 aromatic carbocycles. The van der Waals surface area contributed by atoms with E-state index in [9.17, 15) is 14.7 Å². The molecule has 116 valence electrons. The molecule has 1 aromatic heterocycles. The second-order valence-electron chi connectivity index (χ2n) is 4.91. The number of hydrazine groups is 1. The molecule has 6 heteroatoms. The maximum absolute atomic E-state index is 12.0. The molecular formula is C17H14N2O4. The average Bonchev–Trinajstić information content (AvgIpc) is 3.03. The molecule has 0 spiro atoms. The van der Waals surface area contributed by atoms with Crippen molar-refractivity contribution in [1.82, 2.24) is 10.9 Å². The maximum atomic E-state index is 12.0. The normalized spacial score (nSPS) is 11.9. The van der Waals surface area contributed by atoms with Crippen LogP contribution in [0.4, 0.5) is 0 Å². The number of aliphatic hydroxyl groups is 1. The molecular weight excluding hydrogens is 296 g/mol. The van der Waals surface area contributed by atoms with Crippen LogP contribution in [0, 0.1) is 0 Å². The summed E-state index contributed by atoms with van der Waals surface area (Å²) in [6.45, 7) is 0. The van der Waals surface area contributed by atoms with E-state index in [1.54, 1.807) is 48.5 Å². The third kappa shape index (κ3) is 3.22. The zero-order valence-corrected chi connectivity index (χ0v) is 12.0. The first kappa shape index (κ1) is 14.8. The van der Waals surface area contributed by atoms with Gasteiger partial charge >= 0.3 is 5.91 Å². The van der Waals surface area contributed by atoms with Crippen LogP contribution in [0.1, 0.15) is 22.2 Å². The summed E-state index contributed by atoms with van der Waals surface area (Å²) in [5, 5.41) is 10.7. The molecule has 23 heavy (non-hydrogen) atoms. The van der Waals surface area contributed by atoms with Gasteiger partial charge in [0.1, 0.15) is 5.58 Å². The van der Waals surface area contributed by atoms with Gasteiger partial charge in [-0.3, -0.25) is 20.4 Å². The highest BCUT2D eigenvalue weighted by Crippen LogP contribution is 2.18. The monoisotopic (exact) mass is 310 g/mol. The molecule has 0 saturated carbocycles. The topological polar surface area (TPSA) is 91.6 Å². The Kier molecular flexibility index (Phi) is 4.07. The standard InChI is InChI=1S/C17H14N2O4/c20-15(11-6-2-1-3-7-11)17(22)19-18-16(21)14-10-12-8-4-5-9-13(12)23-14/h1-10,15,20H,(H,18,21)(H,19,22). The lowest BCUT2D eigenvalue weighted by Crippen LogP contribution is -2.43. The summed E-state index contributed by atoms with van der Waals surface area (Å²) < 4.78 is 5.38. The first-order valence-electron chi connectivity index (χ1n) is 6.97. The molecule has 0 aliphatic rings. The van der Waals surface area contributed by atoms with Crippen molar-refractivity contribution in [2.75, 3.05) is 0 Å². The lowest BCUT2D eigenvalue weighted by atomic mass is 10.1. The molecule has 1 unspecified atom stereocenters. The van der Waals surface area contributed by atoms with E-state index in [-0.39, 0.29) is 5.76 Å². The summed E-state index contributed by atoms with van der Waals surface area (Å²) >= 11 is 0. The van der Waals surface area contributed by atoms with Crippen molar-refractivity contribution in [2.24, 2.45) is 0 Å². The van der Waals surface area contributed by atoms with E-state index in [0.717, 1.165) is 5.39 Å². The number of amides is 2. The van der Waals surface area contributed by atoms with E-state index in [4.69, 9.17) is 4.42 Å². The highest BCUT2D eigenvalue weighted by Gasteiger charge is 2.19. The van der Waals surface area contributed by atoms with E-state index < -0.39 is 17.9 Å². The van der Waals surface area contributed by atoms with Gasteiger partial charge in [0, 0.05) is 5.39 Å². The Balaban J connectivity index is 1.63. The SMILES string of the molecule is O=C(NNC(=O)C(O)c1ccccc1)c1cc2ccccc2o1. The fourth-order valence-corrected chi connectivity index (χ4v) is 2.13. The van der Waals surface area contributed by atoms with Gasteiger partial charge in [-0.2, -0.15) is 0 Å². The summed E-state index contributed by atoms with van der Waals surface area (Å²) in [6.07, 6.45) is -1.37. The third-order valence-electron chi connectivity index (χ3n) is 3.31. The number of hydrogen-bond acceptors (Lipinski definition) is 4. The van der Waals surface area contributed by atoms with Gasteiger partial charge in [0.15, 0.2) is 11.9 Å². The van der Waals surface area contributed by atoms with Crippen LogP contribution in [-0.2, 0) is 4.79 Å². The van der Waals surface area contributed by atoms with Crippen molar-refractivity contribution >= 4 is 22.8 Å². The molecule has 0 radical (unpaired) electrons. The number of para-hydroxylation sites is 1. The fraction of sp³-hybridized carbons (Fsp3) is 0.0588. The predicted octanol–water partition coefficient (Wildman–Crippen LogP) is 1.93. The number of furan rings is 1. The molecule has 6 nitrogen and oxygen atoms in total. The van der Waals surface area contributed by atoms with Crippen molar-refractivity contribution in [3.63, 3.8) is 0 Å². The molecule has 2 amide bonds. The Morgan fingerprint density at radius 1 is 0.957 bits per heavy atom. The summed E-state index contributed by atoms with van der Waals surface area (Å²) in [6, 6.07) is 17.2. The summed E-state index contributed by atoms with van der Waals surface area (Å²) in [5.74, 6) is -1.27. The Labute approximate surface area is 131 Å². The summed E-state index contributed by atoms with van der Waals surface area (Å²) in [7, 11) is 0. The molecule has 0 saturated heterocycles. The Morgan fingerprint density at radius 2 is 1.65 bits per heavy atom. The third-order valence-corrected chi connectivity index (χ3v) is 3.31. The molecule has 0 aliphatic carbocycles. The van der Waals surface area contributed by atoms with Crippen LogP contribution in [0.15, 0.2) is 65.1 Å².